The minimum Gasteiger partial charge on any atom is -0.496 e. The Labute approximate surface area is 265 Å². The van der Waals surface area contributed by atoms with Crippen LogP contribution < -0.4 is 20.8 Å². The first-order valence-corrected chi connectivity index (χ1v) is 15.4. The smallest absolute Gasteiger partial charge is 0.293 e. The van der Waals surface area contributed by atoms with E-state index in [0.717, 1.165) is 74.7 Å². The Morgan fingerprint density at radius 1 is 1.07 bits per heavy atom. The molecule has 2 aliphatic heterocycles. The maximum absolute atomic E-state index is 13.3. The molecular formula is C31H38FN11O3. The van der Waals surface area contributed by atoms with Gasteiger partial charge < -0.3 is 15.4 Å². The summed E-state index contributed by atoms with van der Waals surface area (Å²) in [6.45, 7) is 8.52. The van der Waals surface area contributed by atoms with Crippen molar-refractivity contribution in [2.75, 3.05) is 57.0 Å². The average Bonchev–Trinajstić information content (AvgIpc) is 3.68. The molecule has 0 unspecified atom stereocenters. The lowest BCUT2D eigenvalue weighted by molar-refractivity contribution is 0.0946. The number of anilines is 2. The SMILES string of the molecule is COc1ccc(/C=N/NC(=O)c2nnn(-c3nonc3N)c2CN2CCC(C)CC2)cc1CN1CCN(c2ccc(F)cc2)CC1. The highest BCUT2D eigenvalue weighted by Crippen LogP contribution is 2.24. The second kappa shape index (κ2) is 14.0. The van der Waals surface area contributed by atoms with Crippen LogP contribution >= 0.6 is 0 Å². The molecule has 4 heterocycles. The van der Waals surface area contributed by atoms with Crippen LogP contribution in [0.25, 0.3) is 5.82 Å². The number of hydrazone groups is 1. The number of nitrogens with zero attached hydrogens (tertiary/aromatic N) is 9. The molecule has 0 spiro atoms. The molecule has 0 aliphatic carbocycles. The van der Waals surface area contributed by atoms with Gasteiger partial charge in [-0.2, -0.15) is 9.78 Å². The number of benzene rings is 2. The minimum absolute atomic E-state index is 0.0495. The fourth-order valence-electron chi connectivity index (χ4n) is 5.84. The van der Waals surface area contributed by atoms with Crippen molar-refractivity contribution in [2.24, 2.45) is 11.0 Å². The lowest BCUT2D eigenvalue weighted by Crippen LogP contribution is -2.46. The van der Waals surface area contributed by atoms with Gasteiger partial charge in [0.25, 0.3) is 5.91 Å². The highest BCUT2D eigenvalue weighted by Gasteiger charge is 2.27. The van der Waals surface area contributed by atoms with E-state index >= 15 is 0 Å². The number of nitrogen functional groups attached to an aromatic ring is 1. The summed E-state index contributed by atoms with van der Waals surface area (Å²) in [4.78, 5) is 20.2. The van der Waals surface area contributed by atoms with Crippen molar-refractivity contribution in [3.8, 4) is 11.6 Å². The molecule has 0 bridgehead atoms. The lowest BCUT2D eigenvalue weighted by Gasteiger charge is -2.36. The van der Waals surface area contributed by atoms with Crippen LogP contribution in [0.1, 0.15) is 47.1 Å². The summed E-state index contributed by atoms with van der Waals surface area (Å²) >= 11 is 0. The quantitative estimate of drug-likeness (QED) is 0.196. The molecule has 2 aliphatic rings. The molecule has 14 nitrogen and oxygen atoms in total. The van der Waals surface area contributed by atoms with Crippen LogP contribution in [-0.4, -0.2) is 93.6 Å². The van der Waals surface area contributed by atoms with Crippen molar-refractivity contribution < 1.29 is 18.6 Å². The molecule has 46 heavy (non-hydrogen) atoms. The van der Waals surface area contributed by atoms with Gasteiger partial charge in [-0.25, -0.2) is 14.4 Å². The second-order valence-corrected chi connectivity index (χ2v) is 11.7. The van der Waals surface area contributed by atoms with Crippen LogP contribution in [0.3, 0.4) is 0 Å². The van der Waals surface area contributed by atoms with Gasteiger partial charge in [-0.05, 0) is 90.2 Å². The maximum atomic E-state index is 13.3. The molecule has 2 fully saturated rings. The van der Waals surface area contributed by atoms with Crippen LogP contribution in [0.4, 0.5) is 15.9 Å². The Hall–Kier alpha value is -4.89. The first kappa shape index (κ1) is 31.1. The van der Waals surface area contributed by atoms with Crippen molar-refractivity contribution in [2.45, 2.75) is 32.9 Å². The first-order chi connectivity index (χ1) is 22.4. The van der Waals surface area contributed by atoms with E-state index in [9.17, 15) is 9.18 Å². The zero-order valence-electron chi connectivity index (χ0n) is 26.0. The van der Waals surface area contributed by atoms with E-state index in [1.54, 1.807) is 13.3 Å². The highest BCUT2D eigenvalue weighted by molar-refractivity contribution is 5.94. The van der Waals surface area contributed by atoms with E-state index in [2.05, 4.69) is 52.8 Å². The average molecular weight is 632 g/mol. The Morgan fingerprint density at radius 3 is 2.50 bits per heavy atom. The third kappa shape index (κ3) is 7.15. The van der Waals surface area contributed by atoms with Crippen LogP contribution in [0.5, 0.6) is 5.75 Å². The van der Waals surface area contributed by atoms with Gasteiger partial charge in [0, 0.05) is 50.5 Å². The van der Waals surface area contributed by atoms with E-state index in [-0.39, 0.29) is 23.1 Å². The Kier molecular flexibility index (Phi) is 9.49. The fraction of sp³-hybridized carbons (Fsp3) is 0.419. The number of amides is 1. The van der Waals surface area contributed by atoms with Crippen LogP contribution in [0, 0.1) is 11.7 Å². The summed E-state index contributed by atoms with van der Waals surface area (Å²) in [5.74, 6) is 0.918. The second-order valence-electron chi connectivity index (χ2n) is 11.7. The van der Waals surface area contributed by atoms with Gasteiger partial charge in [-0.3, -0.25) is 14.6 Å². The number of carbonyl (C=O) groups is 1. The number of halogens is 1. The number of nitrogens with one attached hydrogen (secondary N) is 1. The summed E-state index contributed by atoms with van der Waals surface area (Å²) in [5, 5.41) is 20.0. The highest BCUT2D eigenvalue weighted by atomic mass is 19.1. The van der Waals surface area contributed by atoms with Crippen molar-refractivity contribution in [3.05, 3.63) is 70.8 Å². The Balaban J connectivity index is 1.11. The normalized spacial score (nSPS) is 16.7. The van der Waals surface area contributed by atoms with E-state index in [1.165, 1.54) is 16.8 Å². The predicted octanol–water partition coefficient (Wildman–Crippen LogP) is 2.70. The van der Waals surface area contributed by atoms with Gasteiger partial charge in [-0.1, -0.05) is 12.1 Å². The number of rotatable bonds is 10. The molecule has 6 rings (SSSR count). The monoisotopic (exact) mass is 631 g/mol. The number of piperidine rings is 1. The largest absolute Gasteiger partial charge is 0.496 e. The summed E-state index contributed by atoms with van der Waals surface area (Å²) in [7, 11) is 1.65. The lowest BCUT2D eigenvalue weighted by atomic mass is 9.99. The van der Waals surface area contributed by atoms with Gasteiger partial charge in [0.05, 0.1) is 19.0 Å². The number of ether oxygens (including phenoxy) is 1. The fourth-order valence-corrected chi connectivity index (χ4v) is 5.84. The van der Waals surface area contributed by atoms with E-state index in [4.69, 9.17) is 15.1 Å². The molecule has 242 valence electrons. The van der Waals surface area contributed by atoms with Crippen molar-refractivity contribution in [1.29, 1.82) is 0 Å². The Morgan fingerprint density at radius 2 is 1.80 bits per heavy atom. The minimum atomic E-state index is -0.509. The molecule has 2 aromatic carbocycles. The number of hydrogen-bond acceptors (Lipinski definition) is 12. The van der Waals surface area contributed by atoms with Crippen molar-refractivity contribution in [3.63, 3.8) is 0 Å². The van der Waals surface area contributed by atoms with Gasteiger partial charge in [0.2, 0.25) is 11.6 Å². The number of hydrogen-bond donors (Lipinski definition) is 2. The third-order valence-corrected chi connectivity index (χ3v) is 8.57. The molecule has 15 heteroatoms. The summed E-state index contributed by atoms with van der Waals surface area (Å²) in [6, 6.07) is 12.4. The summed E-state index contributed by atoms with van der Waals surface area (Å²) < 4.78 is 25.1. The van der Waals surface area contributed by atoms with Gasteiger partial charge >= 0.3 is 0 Å². The first-order valence-electron chi connectivity index (χ1n) is 15.4. The number of aromatic nitrogens is 5. The molecule has 3 N–H and O–H groups in total. The third-order valence-electron chi connectivity index (χ3n) is 8.57. The molecule has 0 atom stereocenters. The number of carbonyl (C=O) groups excluding carboxylic acids is 1. The number of likely N-dealkylation sites (tertiary alicyclic amines) is 1. The topological polar surface area (TPSA) is 156 Å². The van der Waals surface area contributed by atoms with E-state index < -0.39 is 5.91 Å². The zero-order chi connectivity index (χ0) is 32.0. The van der Waals surface area contributed by atoms with E-state index in [0.29, 0.717) is 24.7 Å². The van der Waals surface area contributed by atoms with Crippen molar-refractivity contribution in [1.82, 2.24) is 40.5 Å². The predicted molar refractivity (Wildman–Crippen MR) is 169 cm³/mol. The van der Waals surface area contributed by atoms with Crippen molar-refractivity contribution >= 4 is 23.6 Å². The van der Waals surface area contributed by atoms with Gasteiger partial charge in [0.15, 0.2) is 5.69 Å². The van der Waals surface area contributed by atoms with Gasteiger partial charge in [-0.15, -0.1) is 5.10 Å². The van der Waals surface area contributed by atoms with Crippen LogP contribution in [0.15, 0.2) is 52.2 Å². The summed E-state index contributed by atoms with van der Waals surface area (Å²) in [5.41, 5.74) is 12.0. The Bertz CT molecular complexity index is 1660. The molecular weight excluding hydrogens is 593 g/mol. The van der Waals surface area contributed by atoms with Gasteiger partial charge in [0.1, 0.15) is 11.6 Å². The van der Waals surface area contributed by atoms with E-state index in [1.807, 2.05) is 30.3 Å². The molecule has 0 saturated carbocycles. The van der Waals surface area contributed by atoms with Crippen LogP contribution in [-0.2, 0) is 13.1 Å². The number of piperazine rings is 1. The molecule has 1 amide bonds. The van der Waals surface area contributed by atoms with Crippen LogP contribution in [0.2, 0.25) is 0 Å². The zero-order valence-corrected chi connectivity index (χ0v) is 26.0. The number of methoxy groups -OCH3 is 1. The molecule has 2 aromatic heterocycles. The molecule has 2 saturated heterocycles. The maximum Gasteiger partial charge on any atom is 0.293 e. The standard InChI is InChI=1S/C31H38FN11O3/c1-21-9-11-40(12-10-21)20-26-28(35-39-43(26)30-29(33)37-46-38-30)31(44)36-34-18-22-3-8-27(45-2)23(17-22)19-41-13-15-42(16-14-41)25-6-4-24(32)5-7-25/h3-8,17-18,21H,9-16,19-20H2,1-2H3,(H2,33,37)(H,36,44)/b34-18+. The number of nitrogens with two attached hydrogens (primary N) is 1. The molecule has 4 aromatic rings. The molecule has 0 radical (unpaired) electrons. The summed E-state index contributed by atoms with van der Waals surface area (Å²) in [6.07, 6.45) is 3.72.